The maximum atomic E-state index is 8.81. The Labute approximate surface area is 192 Å². The van der Waals surface area contributed by atoms with Crippen LogP contribution in [0.3, 0.4) is 0 Å². The summed E-state index contributed by atoms with van der Waals surface area (Å²) < 4.78 is 5.51. The lowest BCUT2D eigenvalue weighted by Crippen LogP contribution is -2.43. The predicted octanol–water partition coefficient (Wildman–Crippen LogP) is 4.56. The molecule has 2 aliphatic heterocycles. The van der Waals surface area contributed by atoms with Gasteiger partial charge in [0.2, 0.25) is 0 Å². The second kappa shape index (κ2) is 11.4. The number of hydrogen-bond donors (Lipinski definition) is 1. The predicted molar refractivity (Wildman–Crippen MR) is 130 cm³/mol. The van der Waals surface area contributed by atoms with Crippen LogP contribution in [-0.2, 0) is 16.0 Å². The molecule has 2 fully saturated rings. The number of nitrogen functional groups attached to an aromatic ring is 1. The Bertz CT molecular complexity index is 840. The Balaban J connectivity index is 0.000000220. The van der Waals surface area contributed by atoms with E-state index in [1.807, 2.05) is 6.92 Å². The lowest BCUT2D eigenvalue weighted by Gasteiger charge is -2.41. The molecule has 1 saturated heterocycles. The van der Waals surface area contributed by atoms with E-state index < -0.39 is 0 Å². The number of aryl methyl sites for hydroxylation is 1. The third-order valence-corrected chi connectivity index (χ3v) is 6.65. The number of aromatic nitrogens is 2. The SMILES string of the molecule is CC=O.C[C@@H]1Cc2cc(C3CCOCC3)ccc2N(C)[C@H]1C1CC1.Cc1cnc(N)cn1. The average Bonchev–Trinajstić information content (AvgIpc) is 3.62. The fraction of sp³-hybridized carbons (Fsp3) is 0.577. The largest absolute Gasteiger partial charge is 0.382 e. The molecule has 3 aliphatic rings. The molecule has 0 amide bonds. The summed E-state index contributed by atoms with van der Waals surface area (Å²) in [5.74, 6) is 2.93. The van der Waals surface area contributed by atoms with E-state index in [0.29, 0.717) is 11.7 Å². The van der Waals surface area contributed by atoms with Gasteiger partial charge in [-0.2, -0.15) is 0 Å². The number of benzene rings is 1. The first kappa shape index (κ1) is 24.2. The number of aldehydes is 1. The first-order chi connectivity index (χ1) is 15.4. The first-order valence-electron chi connectivity index (χ1n) is 11.8. The summed E-state index contributed by atoms with van der Waals surface area (Å²) in [6, 6.07) is 8.04. The second-order valence-corrected chi connectivity index (χ2v) is 9.21. The molecule has 6 heteroatoms. The van der Waals surface area contributed by atoms with Gasteiger partial charge in [0.05, 0.1) is 18.1 Å². The van der Waals surface area contributed by atoms with E-state index in [9.17, 15) is 0 Å². The Morgan fingerprint density at radius 1 is 1.12 bits per heavy atom. The average molecular weight is 439 g/mol. The number of carbonyl (C=O) groups excluding carboxylic acids is 1. The Morgan fingerprint density at radius 2 is 1.81 bits per heavy atom. The van der Waals surface area contributed by atoms with E-state index in [-0.39, 0.29) is 0 Å². The molecule has 0 unspecified atom stereocenters. The van der Waals surface area contributed by atoms with Crippen LogP contribution in [-0.4, -0.2) is 42.6 Å². The summed E-state index contributed by atoms with van der Waals surface area (Å²) in [5.41, 5.74) is 10.7. The van der Waals surface area contributed by atoms with Crippen molar-refractivity contribution in [3.63, 3.8) is 0 Å². The Kier molecular flexibility index (Phi) is 8.62. The van der Waals surface area contributed by atoms with Gasteiger partial charge in [0.15, 0.2) is 0 Å². The maximum Gasteiger partial charge on any atom is 0.141 e. The van der Waals surface area contributed by atoms with Gasteiger partial charge >= 0.3 is 0 Å². The molecule has 1 aliphatic carbocycles. The molecule has 3 heterocycles. The molecule has 2 N–H and O–H groups in total. The van der Waals surface area contributed by atoms with Gasteiger partial charge in [-0.3, -0.25) is 4.98 Å². The summed E-state index contributed by atoms with van der Waals surface area (Å²) in [7, 11) is 2.31. The monoisotopic (exact) mass is 438 g/mol. The number of nitrogens with two attached hydrogens (primary N) is 1. The summed E-state index contributed by atoms with van der Waals surface area (Å²) in [6.45, 7) is 7.62. The Hall–Kier alpha value is -2.47. The van der Waals surface area contributed by atoms with Crippen molar-refractivity contribution in [3.8, 4) is 0 Å². The third kappa shape index (κ3) is 6.28. The van der Waals surface area contributed by atoms with Crippen molar-refractivity contribution in [2.45, 2.75) is 64.8 Å². The topological polar surface area (TPSA) is 81.3 Å². The van der Waals surface area contributed by atoms with Gasteiger partial charge in [-0.25, -0.2) is 4.98 Å². The van der Waals surface area contributed by atoms with Crippen molar-refractivity contribution in [1.29, 1.82) is 0 Å². The van der Waals surface area contributed by atoms with Crippen molar-refractivity contribution >= 4 is 17.8 Å². The van der Waals surface area contributed by atoms with E-state index >= 15 is 0 Å². The third-order valence-electron chi connectivity index (χ3n) is 6.65. The van der Waals surface area contributed by atoms with Gasteiger partial charge in [-0.15, -0.1) is 0 Å². The van der Waals surface area contributed by atoms with Crippen LogP contribution in [0, 0.1) is 18.8 Å². The van der Waals surface area contributed by atoms with Gasteiger partial charge in [-0.05, 0) is 80.9 Å². The molecular formula is C26H38N4O2. The van der Waals surface area contributed by atoms with Crippen molar-refractivity contribution in [2.75, 3.05) is 30.9 Å². The molecule has 1 aromatic heterocycles. The molecule has 1 aromatic carbocycles. The van der Waals surface area contributed by atoms with E-state index in [1.165, 1.54) is 50.9 Å². The fourth-order valence-electron chi connectivity index (χ4n) is 5.03. The molecular weight excluding hydrogens is 400 g/mol. The quantitative estimate of drug-likeness (QED) is 0.692. The summed E-state index contributed by atoms with van der Waals surface area (Å²) in [6.07, 6.45) is 10.4. The molecule has 0 spiro atoms. The molecule has 174 valence electrons. The minimum absolute atomic E-state index is 0.468. The lowest BCUT2D eigenvalue weighted by atomic mass is 9.82. The number of anilines is 2. The molecule has 32 heavy (non-hydrogen) atoms. The van der Waals surface area contributed by atoms with Crippen LogP contribution in [0.25, 0.3) is 0 Å². The van der Waals surface area contributed by atoms with Gasteiger partial charge in [0.25, 0.3) is 0 Å². The number of nitrogens with zero attached hydrogens (tertiary/aromatic N) is 3. The smallest absolute Gasteiger partial charge is 0.141 e. The zero-order valence-corrected chi connectivity index (χ0v) is 20.0. The highest BCUT2D eigenvalue weighted by molar-refractivity contribution is 5.58. The van der Waals surface area contributed by atoms with E-state index in [4.69, 9.17) is 15.3 Å². The molecule has 0 bridgehead atoms. The zero-order chi connectivity index (χ0) is 23.1. The van der Waals surface area contributed by atoms with Crippen molar-refractivity contribution in [1.82, 2.24) is 9.97 Å². The standard InChI is InChI=1S/C19H27NO.C5H7N3.C2H4O/c1-13-11-17-12-16(14-7-9-21-10-8-14)5-6-18(17)20(2)19(13)15-3-4-15;1-4-2-8-5(6)3-7-4;1-2-3/h5-6,12-15,19H,3-4,7-11H2,1-2H3;2-3H,1H3,(H2,6,8);2H,1H3/t13-,19-;;/m1../s1. The number of fused-ring (bicyclic) bond motifs is 1. The Morgan fingerprint density at radius 3 is 2.38 bits per heavy atom. The van der Waals surface area contributed by atoms with Crippen LogP contribution in [0.5, 0.6) is 0 Å². The molecule has 2 aromatic rings. The molecule has 0 radical (unpaired) electrons. The van der Waals surface area contributed by atoms with Crippen LogP contribution >= 0.6 is 0 Å². The fourth-order valence-corrected chi connectivity index (χ4v) is 5.03. The summed E-state index contributed by atoms with van der Waals surface area (Å²) in [5, 5.41) is 0. The van der Waals surface area contributed by atoms with E-state index in [1.54, 1.807) is 17.3 Å². The second-order valence-electron chi connectivity index (χ2n) is 9.21. The number of carbonyl (C=O) groups is 1. The minimum atomic E-state index is 0.468. The number of rotatable bonds is 2. The summed E-state index contributed by atoms with van der Waals surface area (Å²) in [4.78, 5) is 19.1. The normalized spacial score (nSPS) is 22.6. The van der Waals surface area contributed by atoms with Crippen LogP contribution < -0.4 is 10.6 Å². The van der Waals surface area contributed by atoms with E-state index in [0.717, 1.165) is 43.1 Å². The highest BCUT2D eigenvalue weighted by atomic mass is 16.5. The van der Waals surface area contributed by atoms with E-state index in [2.05, 4.69) is 47.0 Å². The summed E-state index contributed by atoms with van der Waals surface area (Å²) >= 11 is 0. The highest BCUT2D eigenvalue weighted by Gasteiger charge is 2.40. The van der Waals surface area contributed by atoms with Gasteiger partial charge in [0.1, 0.15) is 12.1 Å². The molecule has 2 atom stereocenters. The van der Waals surface area contributed by atoms with Crippen molar-refractivity contribution in [3.05, 3.63) is 47.4 Å². The van der Waals surface area contributed by atoms with Crippen molar-refractivity contribution < 1.29 is 9.53 Å². The van der Waals surface area contributed by atoms with Crippen LogP contribution in [0.2, 0.25) is 0 Å². The maximum absolute atomic E-state index is 8.81. The molecule has 1 saturated carbocycles. The molecule has 5 rings (SSSR count). The van der Waals surface area contributed by atoms with Crippen molar-refractivity contribution in [2.24, 2.45) is 11.8 Å². The van der Waals surface area contributed by atoms with Crippen LogP contribution in [0.15, 0.2) is 30.6 Å². The first-order valence-corrected chi connectivity index (χ1v) is 11.8. The highest BCUT2D eigenvalue weighted by Crippen LogP contribution is 2.45. The zero-order valence-electron chi connectivity index (χ0n) is 20.0. The minimum Gasteiger partial charge on any atom is -0.382 e. The van der Waals surface area contributed by atoms with Crippen LogP contribution in [0.1, 0.15) is 62.3 Å². The lowest BCUT2D eigenvalue weighted by molar-refractivity contribution is -0.106. The van der Waals surface area contributed by atoms with Crippen LogP contribution in [0.4, 0.5) is 11.5 Å². The number of ether oxygens (including phenoxy) is 1. The van der Waals surface area contributed by atoms with Gasteiger partial charge < -0.3 is 20.2 Å². The van der Waals surface area contributed by atoms with Gasteiger partial charge in [0, 0.05) is 32.0 Å². The number of hydrogen-bond acceptors (Lipinski definition) is 6. The molecule has 6 nitrogen and oxygen atoms in total. The van der Waals surface area contributed by atoms with Gasteiger partial charge in [-0.1, -0.05) is 19.1 Å².